The lowest BCUT2D eigenvalue weighted by molar-refractivity contribution is -0.716. The molecule has 0 N–H and O–H groups in total. The Morgan fingerprint density at radius 3 is 2.18 bits per heavy atom. The molecule has 0 fully saturated rings. The van der Waals surface area contributed by atoms with Crippen LogP contribution in [-0.4, -0.2) is 9.13 Å². The fourth-order valence-electron chi connectivity index (χ4n) is 8.51. The van der Waals surface area contributed by atoms with E-state index in [1.54, 1.807) is 0 Å². The molecule has 258 valence electrons. The van der Waals surface area contributed by atoms with Gasteiger partial charge in [0.1, 0.15) is 47.9 Å². The molecule has 4 heteroatoms. The van der Waals surface area contributed by atoms with Crippen molar-refractivity contribution in [2.24, 2.45) is 5.92 Å². The number of imidazole rings is 2. The molecule has 4 heterocycles. The molecule has 0 aliphatic carbocycles. The minimum absolute atomic E-state index is 0.186. The Kier molecular flexibility index (Phi) is 10.0. The Balaban J connectivity index is 1.59. The number of benzene rings is 2. The van der Waals surface area contributed by atoms with Gasteiger partial charge in [0, 0.05) is 17.0 Å². The lowest BCUT2D eigenvalue weighted by Gasteiger charge is -2.32. The molecule has 0 bridgehead atoms. The number of nitrogens with zero attached hydrogens (tertiary/aromatic N) is 4. The third kappa shape index (κ3) is 5.93. The standard InChI is InChI=1S/C46H56N4/c1-12-18-39-35(13-2)23-24-41-40-19-15-16-20-42(40)46-49(27-28-50(46)44-37(31(6)7)21-17-22-38(44)32(8)9)43(41)29-33(10)47-25-26-48(45(39)47)34(11)36(14-3)30(4)5/h12-22,25-28,30-32,41,43H,2,10-11,23-24,29H2,1,3-9H3/q+2/b18-12-,36-14-,39-35-. The molecule has 0 spiro atoms. The summed E-state index contributed by atoms with van der Waals surface area (Å²) in [7, 11) is 0. The molecule has 6 rings (SSSR count). The van der Waals surface area contributed by atoms with Gasteiger partial charge >= 0.3 is 0 Å². The van der Waals surface area contributed by atoms with E-state index in [-0.39, 0.29) is 6.04 Å². The molecule has 2 aromatic carbocycles. The summed E-state index contributed by atoms with van der Waals surface area (Å²) in [6, 6.07) is 16.2. The van der Waals surface area contributed by atoms with Gasteiger partial charge in [-0.15, -0.1) is 0 Å². The van der Waals surface area contributed by atoms with Crippen LogP contribution in [0.15, 0.2) is 122 Å². The summed E-state index contributed by atoms with van der Waals surface area (Å²) in [5.74, 6) is 3.78. The number of allylic oxidation sites excluding steroid dienone is 9. The molecule has 4 nitrogen and oxygen atoms in total. The lowest BCUT2D eigenvalue weighted by Crippen LogP contribution is -2.47. The van der Waals surface area contributed by atoms with Gasteiger partial charge in [-0.1, -0.05) is 122 Å². The lowest BCUT2D eigenvalue weighted by atomic mass is 9.78. The van der Waals surface area contributed by atoms with Crippen LogP contribution in [0.5, 0.6) is 0 Å². The normalized spacial score (nSPS) is 19.5. The Labute approximate surface area is 300 Å². The van der Waals surface area contributed by atoms with Crippen molar-refractivity contribution >= 4 is 17.0 Å². The van der Waals surface area contributed by atoms with Crippen LogP contribution in [0.4, 0.5) is 0 Å². The summed E-state index contributed by atoms with van der Waals surface area (Å²) in [6.45, 7) is 31.7. The Hall–Kier alpha value is -4.70. The first-order chi connectivity index (χ1) is 24.0. The van der Waals surface area contributed by atoms with Crippen LogP contribution in [-0.2, 0) is 0 Å². The van der Waals surface area contributed by atoms with E-state index in [0.29, 0.717) is 23.7 Å². The predicted octanol–water partition coefficient (Wildman–Crippen LogP) is 11.3. The van der Waals surface area contributed by atoms with Gasteiger partial charge in [0.15, 0.2) is 0 Å². The van der Waals surface area contributed by atoms with E-state index in [1.807, 2.05) is 0 Å². The molecule has 0 radical (unpaired) electrons. The third-order valence-electron chi connectivity index (χ3n) is 10.9. The van der Waals surface area contributed by atoms with E-state index < -0.39 is 0 Å². The van der Waals surface area contributed by atoms with Gasteiger partial charge < -0.3 is 0 Å². The van der Waals surface area contributed by atoms with E-state index in [4.69, 9.17) is 6.58 Å². The Morgan fingerprint density at radius 2 is 1.56 bits per heavy atom. The molecule has 0 saturated carbocycles. The zero-order valence-electron chi connectivity index (χ0n) is 31.6. The van der Waals surface area contributed by atoms with Gasteiger partial charge in [0.05, 0.1) is 17.6 Å². The topological polar surface area (TPSA) is 17.6 Å². The van der Waals surface area contributed by atoms with Gasteiger partial charge in [-0.05, 0) is 67.2 Å². The highest BCUT2D eigenvalue weighted by Gasteiger charge is 2.43. The first-order valence-corrected chi connectivity index (χ1v) is 18.5. The van der Waals surface area contributed by atoms with Crippen molar-refractivity contribution in [2.75, 3.05) is 0 Å². The smallest absolute Gasteiger partial charge is 0.226 e. The van der Waals surface area contributed by atoms with Crippen molar-refractivity contribution in [3.8, 4) is 17.1 Å². The fourth-order valence-corrected chi connectivity index (χ4v) is 8.51. The molecule has 2 aromatic heterocycles. The minimum atomic E-state index is 0.186. The van der Waals surface area contributed by atoms with E-state index in [2.05, 4.69) is 178 Å². The molecule has 0 amide bonds. The quantitative estimate of drug-likeness (QED) is 0.132. The monoisotopic (exact) mass is 664 g/mol. The van der Waals surface area contributed by atoms with E-state index in [9.17, 15) is 0 Å². The fraction of sp³-hybridized carbons (Fsp3) is 0.348. The van der Waals surface area contributed by atoms with Crippen LogP contribution in [0.3, 0.4) is 0 Å². The molecule has 2 aliphatic rings. The molecule has 50 heavy (non-hydrogen) atoms. The van der Waals surface area contributed by atoms with Crippen molar-refractivity contribution in [1.29, 1.82) is 0 Å². The van der Waals surface area contributed by atoms with Crippen molar-refractivity contribution in [3.63, 3.8) is 0 Å². The second-order valence-corrected chi connectivity index (χ2v) is 14.9. The maximum Gasteiger partial charge on any atom is 0.299 e. The molecular formula is C46H56N4+2. The second kappa shape index (κ2) is 14.3. The molecule has 2 unspecified atom stereocenters. The number of aromatic nitrogens is 4. The average molecular weight is 665 g/mol. The van der Waals surface area contributed by atoms with Crippen LogP contribution in [0, 0.1) is 5.92 Å². The maximum atomic E-state index is 4.82. The van der Waals surface area contributed by atoms with Crippen LogP contribution < -0.4 is 9.13 Å². The Morgan fingerprint density at radius 1 is 0.880 bits per heavy atom. The van der Waals surface area contributed by atoms with E-state index in [1.165, 1.54) is 50.5 Å². The van der Waals surface area contributed by atoms with Gasteiger partial charge in [-0.25, -0.2) is 4.57 Å². The van der Waals surface area contributed by atoms with Crippen molar-refractivity contribution in [2.45, 2.75) is 98.4 Å². The predicted molar refractivity (Wildman–Crippen MR) is 211 cm³/mol. The summed E-state index contributed by atoms with van der Waals surface area (Å²) in [5.41, 5.74) is 12.5. The summed E-state index contributed by atoms with van der Waals surface area (Å²) in [6.07, 6.45) is 20.4. The van der Waals surface area contributed by atoms with E-state index in [0.717, 1.165) is 36.5 Å². The van der Waals surface area contributed by atoms with Gasteiger partial charge in [0.2, 0.25) is 0 Å². The molecule has 2 atom stereocenters. The highest BCUT2D eigenvalue weighted by atomic mass is 15.2. The van der Waals surface area contributed by atoms with Crippen molar-refractivity contribution < 1.29 is 9.13 Å². The van der Waals surface area contributed by atoms with E-state index >= 15 is 0 Å². The summed E-state index contributed by atoms with van der Waals surface area (Å²) in [4.78, 5) is 0. The molecular weight excluding hydrogens is 609 g/mol. The number of fused-ring (bicyclic) bond motifs is 7. The molecule has 0 saturated heterocycles. The van der Waals surface area contributed by atoms with Crippen LogP contribution >= 0.6 is 0 Å². The third-order valence-corrected chi connectivity index (χ3v) is 10.9. The van der Waals surface area contributed by atoms with Gasteiger partial charge in [-0.2, -0.15) is 13.7 Å². The SMILES string of the molecule is C=C/C1=C(\C=C/C)c2n(cc[n+]2C(=C)/C(=C\C)C(C)C)C(=C)CC2C(CC1)c1ccccc1-c1n(-c3c(C(C)C)cccc3C(C)C)cc[n+]12. The largest absolute Gasteiger partial charge is 0.299 e. The summed E-state index contributed by atoms with van der Waals surface area (Å²) >= 11 is 0. The second-order valence-electron chi connectivity index (χ2n) is 14.9. The zero-order valence-corrected chi connectivity index (χ0v) is 31.6. The summed E-state index contributed by atoms with van der Waals surface area (Å²) in [5, 5.41) is 0. The van der Waals surface area contributed by atoms with Crippen LogP contribution in [0.2, 0.25) is 0 Å². The van der Waals surface area contributed by atoms with Crippen LogP contribution in [0.25, 0.3) is 34.0 Å². The van der Waals surface area contributed by atoms with Crippen molar-refractivity contribution in [3.05, 3.63) is 145 Å². The number of hydrogen-bond donors (Lipinski definition) is 0. The number of hydrogen-bond acceptors (Lipinski definition) is 0. The van der Waals surface area contributed by atoms with Gasteiger partial charge in [0.25, 0.3) is 11.6 Å². The van der Waals surface area contributed by atoms with Crippen molar-refractivity contribution in [1.82, 2.24) is 9.13 Å². The first-order valence-electron chi connectivity index (χ1n) is 18.5. The number of para-hydroxylation sites is 1. The zero-order chi connectivity index (χ0) is 35.9. The molecule has 2 aliphatic heterocycles. The maximum absolute atomic E-state index is 4.82. The number of rotatable bonds is 8. The highest BCUT2D eigenvalue weighted by molar-refractivity contribution is 5.76. The van der Waals surface area contributed by atoms with Crippen LogP contribution in [0.1, 0.15) is 121 Å². The Bertz CT molecular complexity index is 2020. The highest BCUT2D eigenvalue weighted by Crippen LogP contribution is 2.46. The molecule has 4 aromatic rings. The summed E-state index contributed by atoms with van der Waals surface area (Å²) < 4.78 is 9.63. The van der Waals surface area contributed by atoms with Gasteiger partial charge in [-0.3, -0.25) is 0 Å². The average Bonchev–Trinajstić information content (AvgIpc) is 3.74. The minimum Gasteiger partial charge on any atom is -0.226 e. The first kappa shape index (κ1) is 35.1.